The molecule has 0 aliphatic carbocycles. The lowest BCUT2D eigenvalue weighted by Gasteiger charge is -2.18. The third-order valence-corrected chi connectivity index (χ3v) is 2.73. The zero-order chi connectivity index (χ0) is 12.8. The van der Waals surface area contributed by atoms with Crippen LogP contribution in [0.2, 0.25) is 0 Å². The van der Waals surface area contributed by atoms with Crippen LogP contribution in [-0.2, 0) is 0 Å². The second-order valence-electron chi connectivity index (χ2n) is 4.72. The molecule has 0 radical (unpaired) electrons. The molecular formula is C13H24N4. The van der Waals surface area contributed by atoms with Gasteiger partial charge in [0.05, 0.1) is 5.69 Å². The fraction of sp³-hybridized carbons (Fsp3) is 0.615. The van der Waals surface area contributed by atoms with Crippen molar-refractivity contribution in [1.29, 1.82) is 0 Å². The third kappa shape index (κ3) is 4.23. The smallest absolute Gasteiger partial charge is 0.203 e. The minimum Gasteiger partial charge on any atom is -0.352 e. The first-order chi connectivity index (χ1) is 8.04. The van der Waals surface area contributed by atoms with Crippen LogP contribution in [0, 0.1) is 6.92 Å². The molecule has 0 amide bonds. The molecule has 0 saturated carbocycles. The fourth-order valence-electron chi connectivity index (χ4n) is 1.73. The van der Waals surface area contributed by atoms with Crippen LogP contribution >= 0.6 is 0 Å². The van der Waals surface area contributed by atoms with Crippen molar-refractivity contribution in [2.24, 2.45) is 0 Å². The van der Waals surface area contributed by atoms with Crippen molar-refractivity contribution in [2.75, 3.05) is 32.5 Å². The highest BCUT2D eigenvalue weighted by Crippen LogP contribution is 2.18. The van der Waals surface area contributed by atoms with Crippen LogP contribution in [0.3, 0.4) is 0 Å². The molecule has 96 valence electrons. The van der Waals surface area contributed by atoms with Crippen molar-refractivity contribution in [3.05, 3.63) is 24.5 Å². The summed E-state index contributed by atoms with van der Waals surface area (Å²) >= 11 is 0. The lowest BCUT2D eigenvalue weighted by molar-refractivity contribution is 0.359. The molecule has 0 spiro atoms. The average Bonchev–Trinajstić information content (AvgIpc) is 2.64. The van der Waals surface area contributed by atoms with Crippen molar-refractivity contribution < 1.29 is 0 Å². The molecule has 1 aromatic rings. The number of nitrogens with zero attached hydrogens (tertiary/aromatic N) is 3. The number of anilines is 1. The second kappa shape index (κ2) is 6.45. The predicted molar refractivity (Wildman–Crippen MR) is 73.5 cm³/mol. The molecule has 1 unspecified atom stereocenters. The summed E-state index contributed by atoms with van der Waals surface area (Å²) in [5.41, 5.74) is 1.05. The van der Waals surface area contributed by atoms with Gasteiger partial charge in [0.1, 0.15) is 0 Å². The van der Waals surface area contributed by atoms with E-state index in [2.05, 4.69) is 53.6 Å². The van der Waals surface area contributed by atoms with E-state index in [0.29, 0.717) is 6.04 Å². The van der Waals surface area contributed by atoms with E-state index in [1.165, 1.54) is 0 Å². The standard InChI is InChI=1S/C13H24N4/c1-6-8-14-13-15-11(2)10-17(13)12(3)7-9-16(4)5/h6,10,12H,1,7-9H2,2-5H3,(H,14,15). The maximum Gasteiger partial charge on any atom is 0.203 e. The van der Waals surface area contributed by atoms with Gasteiger partial charge in [0.25, 0.3) is 0 Å². The molecule has 0 fully saturated rings. The fourth-order valence-corrected chi connectivity index (χ4v) is 1.73. The highest BCUT2D eigenvalue weighted by Gasteiger charge is 2.11. The van der Waals surface area contributed by atoms with E-state index in [1.807, 2.05) is 13.0 Å². The summed E-state index contributed by atoms with van der Waals surface area (Å²) in [6, 6.07) is 0.450. The molecule has 0 saturated heterocycles. The van der Waals surface area contributed by atoms with E-state index in [-0.39, 0.29) is 0 Å². The second-order valence-corrected chi connectivity index (χ2v) is 4.72. The van der Waals surface area contributed by atoms with Gasteiger partial charge in [-0.2, -0.15) is 0 Å². The summed E-state index contributed by atoms with van der Waals surface area (Å²) in [6.45, 7) is 9.79. The van der Waals surface area contributed by atoms with Crippen molar-refractivity contribution in [2.45, 2.75) is 26.3 Å². The lowest BCUT2D eigenvalue weighted by atomic mass is 10.2. The molecule has 1 aromatic heterocycles. The number of aromatic nitrogens is 2. The van der Waals surface area contributed by atoms with E-state index in [9.17, 15) is 0 Å². The monoisotopic (exact) mass is 236 g/mol. The molecule has 1 rings (SSSR count). The van der Waals surface area contributed by atoms with Crippen LogP contribution in [0.15, 0.2) is 18.9 Å². The van der Waals surface area contributed by atoms with Gasteiger partial charge in [0, 0.05) is 18.8 Å². The molecule has 0 aliphatic rings. The zero-order valence-corrected chi connectivity index (χ0v) is 11.4. The molecule has 4 heteroatoms. The minimum absolute atomic E-state index is 0.450. The summed E-state index contributed by atoms with van der Waals surface area (Å²) in [7, 11) is 4.20. The maximum absolute atomic E-state index is 4.49. The van der Waals surface area contributed by atoms with Crippen LogP contribution in [0.1, 0.15) is 25.1 Å². The van der Waals surface area contributed by atoms with E-state index < -0.39 is 0 Å². The van der Waals surface area contributed by atoms with Crippen molar-refractivity contribution in [3.8, 4) is 0 Å². The largest absolute Gasteiger partial charge is 0.352 e. The Morgan fingerprint density at radius 3 is 2.88 bits per heavy atom. The Hall–Kier alpha value is -1.29. The highest BCUT2D eigenvalue weighted by atomic mass is 15.2. The summed E-state index contributed by atoms with van der Waals surface area (Å²) in [5, 5.41) is 3.27. The Morgan fingerprint density at radius 2 is 2.29 bits per heavy atom. The minimum atomic E-state index is 0.450. The van der Waals surface area contributed by atoms with E-state index in [1.54, 1.807) is 0 Å². The summed E-state index contributed by atoms with van der Waals surface area (Å²) in [5.74, 6) is 0.939. The van der Waals surface area contributed by atoms with Crippen molar-refractivity contribution in [1.82, 2.24) is 14.5 Å². The number of aryl methyl sites for hydroxylation is 1. The normalized spacial score (nSPS) is 12.8. The number of nitrogens with one attached hydrogen (secondary N) is 1. The molecule has 17 heavy (non-hydrogen) atoms. The van der Waals surface area contributed by atoms with E-state index in [4.69, 9.17) is 0 Å². The number of imidazole rings is 1. The molecule has 0 aliphatic heterocycles. The molecule has 4 nitrogen and oxygen atoms in total. The van der Waals surface area contributed by atoms with E-state index >= 15 is 0 Å². The summed E-state index contributed by atoms with van der Waals surface area (Å²) in [4.78, 5) is 6.69. The van der Waals surface area contributed by atoms with Gasteiger partial charge >= 0.3 is 0 Å². The van der Waals surface area contributed by atoms with Crippen LogP contribution in [0.4, 0.5) is 5.95 Å². The topological polar surface area (TPSA) is 33.1 Å². The first kappa shape index (κ1) is 13.8. The van der Waals surface area contributed by atoms with E-state index in [0.717, 1.165) is 31.2 Å². The number of hydrogen-bond acceptors (Lipinski definition) is 3. The van der Waals surface area contributed by atoms with Gasteiger partial charge in [-0.1, -0.05) is 6.08 Å². The lowest BCUT2D eigenvalue weighted by Crippen LogP contribution is -2.18. The average molecular weight is 236 g/mol. The van der Waals surface area contributed by atoms with Crippen LogP contribution < -0.4 is 5.32 Å². The Bertz CT molecular complexity index is 354. The van der Waals surface area contributed by atoms with Crippen molar-refractivity contribution >= 4 is 5.95 Å². The van der Waals surface area contributed by atoms with Crippen LogP contribution in [0.25, 0.3) is 0 Å². The Balaban J connectivity index is 2.69. The molecule has 1 N–H and O–H groups in total. The molecule has 1 heterocycles. The van der Waals surface area contributed by atoms with Crippen LogP contribution in [0.5, 0.6) is 0 Å². The van der Waals surface area contributed by atoms with Crippen molar-refractivity contribution in [3.63, 3.8) is 0 Å². The quantitative estimate of drug-likeness (QED) is 0.737. The van der Waals surface area contributed by atoms with Gasteiger partial charge in [-0.3, -0.25) is 0 Å². The first-order valence-electron chi connectivity index (χ1n) is 6.09. The Kier molecular flexibility index (Phi) is 5.22. The number of hydrogen-bond donors (Lipinski definition) is 1. The highest BCUT2D eigenvalue weighted by molar-refractivity contribution is 5.30. The first-order valence-corrected chi connectivity index (χ1v) is 6.09. The third-order valence-electron chi connectivity index (χ3n) is 2.73. The van der Waals surface area contributed by atoms with Gasteiger partial charge in [-0.15, -0.1) is 6.58 Å². The Morgan fingerprint density at radius 1 is 1.59 bits per heavy atom. The SMILES string of the molecule is C=CCNc1nc(C)cn1C(C)CCN(C)C. The van der Waals surface area contributed by atoms with Gasteiger partial charge in [-0.25, -0.2) is 4.98 Å². The predicted octanol–water partition coefficient (Wildman–Crippen LogP) is 2.30. The van der Waals surface area contributed by atoms with Gasteiger partial charge in [0.15, 0.2) is 0 Å². The molecule has 1 atom stereocenters. The molecular weight excluding hydrogens is 212 g/mol. The molecule has 0 bridgehead atoms. The zero-order valence-electron chi connectivity index (χ0n) is 11.4. The number of rotatable bonds is 7. The van der Waals surface area contributed by atoms with Gasteiger partial charge in [0.2, 0.25) is 5.95 Å². The summed E-state index contributed by atoms with van der Waals surface area (Å²) in [6.07, 6.45) is 5.07. The summed E-state index contributed by atoms with van der Waals surface area (Å²) < 4.78 is 2.21. The van der Waals surface area contributed by atoms with Crippen LogP contribution in [-0.4, -0.2) is 41.6 Å². The van der Waals surface area contributed by atoms with Gasteiger partial charge in [-0.05, 0) is 40.9 Å². The maximum atomic E-state index is 4.49. The van der Waals surface area contributed by atoms with Gasteiger partial charge < -0.3 is 14.8 Å². The molecule has 0 aromatic carbocycles. The Labute approximate surface area is 104 Å².